The Kier molecular flexibility index (Phi) is 18.9. The first kappa shape index (κ1) is 33.6. The van der Waals surface area contributed by atoms with E-state index in [1.54, 1.807) is 0 Å². The van der Waals surface area contributed by atoms with Crippen molar-refractivity contribution in [3.8, 4) is 0 Å². The van der Waals surface area contributed by atoms with Crippen LogP contribution < -0.4 is 0 Å². The maximum absolute atomic E-state index is 6.68. The molecular formula is C21H52Cl2Si2. The minimum Gasteiger partial charge on any atom is -0.166 e. The van der Waals surface area contributed by atoms with Crippen molar-refractivity contribution in [2.24, 2.45) is 0 Å². The Morgan fingerprint density at radius 3 is 0.720 bits per heavy atom. The summed E-state index contributed by atoms with van der Waals surface area (Å²) in [6.07, 6.45) is 0. The topological polar surface area (TPSA) is 0 Å². The molecule has 0 amide bonds. The third-order valence-electron chi connectivity index (χ3n) is 6.11. The number of halogens is 2. The standard InChI is InChI=1S/C10H23ClSi.C9H21ClSi.2CH4/c1-8(2)12(7-11,9(3)4)10(5)6;1-7(2)11(10,8(3)4)9(5)6;;/h8-10H,7H2,1-6H3;7-9H,1-6H3;2*1H4. The first-order valence-corrected chi connectivity index (χ1v) is 15.7. The van der Waals surface area contributed by atoms with Crippen LogP contribution in [0.25, 0.3) is 0 Å². The fraction of sp³-hybridized carbons (Fsp3) is 1.00. The van der Waals surface area contributed by atoms with Gasteiger partial charge in [-0.05, 0) is 33.2 Å². The van der Waals surface area contributed by atoms with E-state index < -0.39 is 15.5 Å². The lowest BCUT2D eigenvalue weighted by Crippen LogP contribution is -2.46. The highest BCUT2D eigenvalue weighted by Gasteiger charge is 2.42. The quantitative estimate of drug-likeness (QED) is 0.214. The molecule has 0 aromatic rings. The van der Waals surface area contributed by atoms with Crippen LogP contribution in [-0.4, -0.2) is 21.0 Å². The van der Waals surface area contributed by atoms with Crippen LogP contribution in [0.2, 0.25) is 33.2 Å². The highest BCUT2D eigenvalue weighted by atomic mass is 35.6. The Balaban J connectivity index is -0.000000164. The van der Waals surface area contributed by atoms with Crippen molar-refractivity contribution in [1.29, 1.82) is 0 Å². The molecule has 0 rings (SSSR count). The van der Waals surface area contributed by atoms with Crippen LogP contribution in [0, 0.1) is 0 Å². The molecule has 0 bridgehead atoms. The van der Waals surface area contributed by atoms with E-state index >= 15 is 0 Å². The average molecular weight is 432 g/mol. The number of rotatable bonds is 7. The van der Waals surface area contributed by atoms with Crippen molar-refractivity contribution in [2.75, 3.05) is 5.50 Å². The molecule has 0 aliphatic carbocycles. The summed E-state index contributed by atoms with van der Waals surface area (Å²) in [5.74, 6) is 0. The van der Waals surface area contributed by atoms with E-state index in [1.165, 1.54) is 0 Å². The highest BCUT2D eigenvalue weighted by Crippen LogP contribution is 2.44. The Labute approximate surface area is 174 Å². The van der Waals surface area contributed by atoms with Crippen molar-refractivity contribution in [2.45, 2.75) is 131 Å². The summed E-state index contributed by atoms with van der Waals surface area (Å²) < 4.78 is 0. The molecule has 0 saturated carbocycles. The lowest BCUT2D eigenvalue weighted by Gasteiger charge is -2.41. The van der Waals surface area contributed by atoms with E-state index in [4.69, 9.17) is 22.7 Å². The second-order valence-electron chi connectivity index (χ2n) is 9.00. The summed E-state index contributed by atoms with van der Waals surface area (Å²) in [6, 6.07) is 0. The molecule has 0 unspecified atom stereocenters. The molecule has 0 atom stereocenters. The summed E-state index contributed by atoms with van der Waals surface area (Å²) in [6.45, 7) is 27.6. The molecule has 0 aromatic heterocycles. The summed E-state index contributed by atoms with van der Waals surface area (Å²) in [7, 11) is -2.75. The van der Waals surface area contributed by atoms with Crippen LogP contribution in [-0.2, 0) is 0 Å². The van der Waals surface area contributed by atoms with E-state index in [-0.39, 0.29) is 14.9 Å². The van der Waals surface area contributed by atoms with Gasteiger partial charge in [-0.25, -0.2) is 0 Å². The SMILES string of the molecule is C.C.CC(C)[Si](CCl)(C(C)C)C(C)C.CC(C)[Si](Cl)(C(C)C)C(C)C. The van der Waals surface area contributed by atoms with Crippen molar-refractivity contribution in [3.63, 3.8) is 0 Å². The molecule has 0 spiro atoms. The fourth-order valence-electron chi connectivity index (χ4n) is 4.46. The molecule has 0 radical (unpaired) electrons. The Morgan fingerprint density at radius 1 is 0.520 bits per heavy atom. The normalized spacial score (nSPS) is 12.5. The second kappa shape index (κ2) is 14.1. The van der Waals surface area contributed by atoms with E-state index in [0.29, 0.717) is 16.6 Å². The van der Waals surface area contributed by atoms with Gasteiger partial charge in [-0.15, -0.1) is 11.6 Å². The summed E-state index contributed by atoms with van der Waals surface area (Å²) in [5, 5.41) is 0. The van der Waals surface area contributed by atoms with Gasteiger partial charge >= 0.3 is 0 Å². The predicted molar refractivity (Wildman–Crippen MR) is 132 cm³/mol. The summed E-state index contributed by atoms with van der Waals surface area (Å²) in [4.78, 5) is 0. The zero-order valence-corrected chi connectivity index (χ0v) is 21.4. The van der Waals surface area contributed by atoms with Gasteiger partial charge in [0.25, 0.3) is 0 Å². The smallest absolute Gasteiger partial charge is 0.164 e. The monoisotopic (exact) mass is 430 g/mol. The van der Waals surface area contributed by atoms with Crippen LogP contribution >= 0.6 is 22.7 Å². The van der Waals surface area contributed by atoms with Crippen molar-refractivity contribution in [3.05, 3.63) is 0 Å². The Bertz CT molecular complexity index is 267. The van der Waals surface area contributed by atoms with Gasteiger partial charge in [0, 0.05) is 5.50 Å². The van der Waals surface area contributed by atoms with Crippen molar-refractivity contribution >= 4 is 38.1 Å². The largest absolute Gasteiger partial charge is 0.166 e. The summed E-state index contributed by atoms with van der Waals surface area (Å²) in [5.41, 5.74) is 5.37. The molecule has 0 saturated heterocycles. The van der Waals surface area contributed by atoms with Gasteiger partial charge in [-0.1, -0.05) is 97.9 Å². The molecule has 0 aromatic carbocycles. The lowest BCUT2D eigenvalue weighted by molar-refractivity contribution is 0.819. The van der Waals surface area contributed by atoms with Crippen LogP contribution in [0.15, 0.2) is 0 Å². The first-order chi connectivity index (χ1) is 10.2. The second-order valence-corrected chi connectivity index (χ2v) is 22.8. The first-order valence-electron chi connectivity index (χ1n) is 9.47. The lowest BCUT2D eigenvalue weighted by atomic mass is 10.5. The van der Waals surface area contributed by atoms with Gasteiger partial charge in [0.05, 0.1) is 8.07 Å². The predicted octanol–water partition coefficient (Wildman–Crippen LogP) is 10.1. The molecule has 0 nitrogen and oxygen atoms in total. The molecule has 4 heteroatoms. The molecule has 0 aliphatic heterocycles. The molecule has 25 heavy (non-hydrogen) atoms. The fourth-order valence-corrected chi connectivity index (χ4v) is 16.2. The van der Waals surface area contributed by atoms with Gasteiger partial charge in [-0.2, -0.15) is 11.1 Å². The van der Waals surface area contributed by atoms with Crippen LogP contribution in [0.1, 0.15) is 97.9 Å². The van der Waals surface area contributed by atoms with Crippen molar-refractivity contribution < 1.29 is 0 Å². The van der Waals surface area contributed by atoms with E-state index in [1.807, 2.05) is 0 Å². The summed E-state index contributed by atoms with van der Waals surface area (Å²) >= 11 is 12.9. The number of hydrogen-bond acceptors (Lipinski definition) is 0. The third-order valence-corrected chi connectivity index (χ3v) is 23.6. The molecular weight excluding hydrogens is 379 g/mol. The van der Waals surface area contributed by atoms with E-state index in [0.717, 1.165) is 22.1 Å². The molecule has 0 heterocycles. The van der Waals surface area contributed by atoms with Crippen LogP contribution in [0.4, 0.5) is 0 Å². The van der Waals surface area contributed by atoms with E-state index in [9.17, 15) is 0 Å². The molecule has 0 fully saturated rings. The Hall–Kier alpha value is 1.01. The minimum absolute atomic E-state index is 0. The van der Waals surface area contributed by atoms with E-state index in [2.05, 4.69) is 83.1 Å². The van der Waals surface area contributed by atoms with Gasteiger partial charge in [0.2, 0.25) is 0 Å². The average Bonchev–Trinajstić information content (AvgIpc) is 2.37. The molecule has 158 valence electrons. The van der Waals surface area contributed by atoms with Crippen LogP contribution in [0.3, 0.4) is 0 Å². The van der Waals surface area contributed by atoms with Crippen molar-refractivity contribution in [1.82, 2.24) is 0 Å². The molecule has 0 N–H and O–H groups in total. The van der Waals surface area contributed by atoms with Crippen LogP contribution in [0.5, 0.6) is 0 Å². The number of alkyl halides is 1. The maximum atomic E-state index is 6.68. The third kappa shape index (κ3) is 8.27. The zero-order valence-electron chi connectivity index (χ0n) is 17.9. The number of hydrogen-bond donors (Lipinski definition) is 0. The van der Waals surface area contributed by atoms with Gasteiger partial charge in [0.15, 0.2) is 7.38 Å². The van der Waals surface area contributed by atoms with Gasteiger partial charge < -0.3 is 0 Å². The minimum atomic E-state index is -1.51. The Morgan fingerprint density at radius 2 is 0.720 bits per heavy atom. The highest BCUT2D eigenvalue weighted by molar-refractivity contribution is 7.22. The van der Waals surface area contributed by atoms with Gasteiger partial charge in [0.1, 0.15) is 0 Å². The zero-order chi connectivity index (χ0) is 19.2. The molecule has 0 aliphatic rings. The van der Waals surface area contributed by atoms with Gasteiger partial charge in [-0.3, -0.25) is 0 Å². The maximum Gasteiger partial charge on any atom is 0.164 e.